The van der Waals surface area contributed by atoms with E-state index in [-0.39, 0.29) is 44.3 Å². The fourth-order valence-electron chi connectivity index (χ4n) is 3.55. The maximum Gasteiger partial charge on any atom is 0.205 e. The van der Waals surface area contributed by atoms with Crippen LogP contribution in [0.3, 0.4) is 0 Å². The van der Waals surface area contributed by atoms with Crippen molar-refractivity contribution >= 4 is 49.3 Å². The van der Waals surface area contributed by atoms with Crippen LogP contribution in [0, 0.1) is 0 Å². The predicted octanol–water partition coefficient (Wildman–Crippen LogP) is 3.89. The minimum Gasteiger partial charge on any atom is -0.390 e. The minimum absolute atomic E-state index is 0. The zero-order chi connectivity index (χ0) is 20.9. The Morgan fingerprint density at radius 2 is 1.81 bits per heavy atom. The molecule has 0 fully saturated rings. The van der Waals surface area contributed by atoms with Crippen LogP contribution in [-0.4, -0.2) is 73.0 Å². The third kappa shape index (κ3) is 5.35. The smallest absolute Gasteiger partial charge is 0.205 e. The number of benzene rings is 2. The van der Waals surface area contributed by atoms with E-state index in [9.17, 15) is 5.11 Å². The summed E-state index contributed by atoms with van der Waals surface area (Å²) in [6, 6.07) is 16.3. The number of unbranched alkanes of at least 4 members (excludes halogenated alkanes) is 1. The summed E-state index contributed by atoms with van der Waals surface area (Å²) < 4.78 is 2.03. The average molecular weight is 463 g/mol. The number of aromatic amines is 1. The topological polar surface area (TPSA) is 92.5 Å². The number of rotatable bonds is 8. The number of aliphatic hydroxyl groups excluding tert-OH is 1. The Labute approximate surface area is 215 Å². The fraction of sp³-hybridized carbons (Fsp3) is 0.273. The third-order valence-electron chi connectivity index (χ3n) is 5.13. The Morgan fingerprint density at radius 1 is 1.06 bits per heavy atom. The van der Waals surface area contributed by atoms with Gasteiger partial charge in [-0.1, -0.05) is 73.5 Å². The number of hydrogen-bond donors (Lipinski definition) is 2. The first-order valence-electron chi connectivity index (χ1n) is 9.98. The molecule has 31 heavy (non-hydrogen) atoms. The summed E-state index contributed by atoms with van der Waals surface area (Å²) in [5, 5.41) is 24.5. The Balaban J connectivity index is 0.00000272. The van der Waals surface area contributed by atoms with E-state index in [2.05, 4.69) is 56.8 Å². The molecule has 0 unspecified atom stereocenters. The van der Waals surface area contributed by atoms with Gasteiger partial charge in [0, 0.05) is 56.3 Å². The molecule has 0 aliphatic heterocycles. The number of nitrogens with zero attached hydrogens (tertiary/aromatic N) is 5. The Morgan fingerprint density at radius 3 is 2.45 bits per heavy atom. The van der Waals surface area contributed by atoms with Crippen LogP contribution in [0.25, 0.3) is 22.5 Å². The van der Waals surface area contributed by atoms with Gasteiger partial charge in [0.15, 0.2) is 5.15 Å². The number of H-pyrrole nitrogens is 1. The van der Waals surface area contributed by atoms with Crippen molar-refractivity contribution in [3.63, 3.8) is 0 Å². The summed E-state index contributed by atoms with van der Waals surface area (Å²) >= 11 is 6.26. The number of tetrazole rings is 1. The minimum atomic E-state index is -0.131. The molecule has 0 aliphatic rings. The summed E-state index contributed by atoms with van der Waals surface area (Å²) in [7, 11) is 0. The standard InChI is InChI=1S/C22H23ClN6O.Ca/c1-2-3-8-20-24-21(23)19(14-30)29(20)13-15-9-11-16(12-10-15)17-6-4-5-7-18(17)22-25-27-28-26-22;/h4-7,9-12,30H,2-3,8,13-14H2,1H3,(H,25,26,27,28);. The molecule has 2 heterocycles. The van der Waals surface area contributed by atoms with Gasteiger partial charge in [-0.25, -0.2) is 4.98 Å². The van der Waals surface area contributed by atoms with E-state index in [0.29, 0.717) is 23.2 Å². The molecule has 7 nitrogen and oxygen atoms in total. The molecule has 2 aromatic heterocycles. The van der Waals surface area contributed by atoms with Gasteiger partial charge in [0.25, 0.3) is 0 Å². The molecule has 2 radical (unpaired) electrons. The van der Waals surface area contributed by atoms with E-state index >= 15 is 0 Å². The second kappa shape index (κ2) is 11.2. The van der Waals surface area contributed by atoms with Crippen LogP contribution in [-0.2, 0) is 19.6 Å². The molecule has 2 N–H and O–H groups in total. The predicted molar refractivity (Wildman–Crippen MR) is 122 cm³/mol. The van der Waals surface area contributed by atoms with Gasteiger partial charge in [0.2, 0.25) is 5.82 Å². The normalized spacial score (nSPS) is 10.8. The number of hydrogen-bond acceptors (Lipinski definition) is 5. The van der Waals surface area contributed by atoms with Crippen molar-refractivity contribution in [1.29, 1.82) is 0 Å². The first-order chi connectivity index (χ1) is 14.7. The van der Waals surface area contributed by atoms with E-state index in [4.69, 9.17) is 11.6 Å². The number of aromatic nitrogens is 6. The molecule has 0 saturated heterocycles. The van der Waals surface area contributed by atoms with Crippen molar-refractivity contribution in [3.8, 4) is 22.5 Å². The summed E-state index contributed by atoms with van der Waals surface area (Å²) in [5.74, 6) is 1.48. The van der Waals surface area contributed by atoms with E-state index in [1.807, 2.05) is 28.8 Å². The molecule has 9 heteroatoms. The maximum atomic E-state index is 9.77. The number of nitrogens with one attached hydrogen (secondary N) is 1. The van der Waals surface area contributed by atoms with Crippen molar-refractivity contribution in [2.24, 2.45) is 0 Å². The number of aryl methyl sites for hydroxylation is 1. The van der Waals surface area contributed by atoms with Crippen LogP contribution in [0.4, 0.5) is 0 Å². The molecule has 156 valence electrons. The largest absolute Gasteiger partial charge is 0.390 e. The Hall–Kier alpha value is -1.77. The van der Waals surface area contributed by atoms with Crippen molar-refractivity contribution in [2.75, 3.05) is 0 Å². The number of aliphatic hydroxyl groups is 1. The monoisotopic (exact) mass is 462 g/mol. The first-order valence-corrected chi connectivity index (χ1v) is 10.4. The Bertz CT molecular complexity index is 1110. The van der Waals surface area contributed by atoms with Crippen LogP contribution in [0.1, 0.15) is 36.8 Å². The van der Waals surface area contributed by atoms with Crippen LogP contribution < -0.4 is 0 Å². The molecule has 0 saturated carbocycles. The van der Waals surface area contributed by atoms with Crippen LogP contribution in [0.2, 0.25) is 5.15 Å². The molecule has 0 spiro atoms. The van der Waals surface area contributed by atoms with Crippen molar-refractivity contribution in [3.05, 3.63) is 70.8 Å². The molecule has 0 bridgehead atoms. The van der Waals surface area contributed by atoms with Crippen molar-refractivity contribution < 1.29 is 5.11 Å². The molecular formula is C22H23CaClN6O. The third-order valence-corrected chi connectivity index (χ3v) is 5.43. The van der Waals surface area contributed by atoms with E-state index in [1.165, 1.54) is 0 Å². The van der Waals surface area contributed by atoms with E-state index in [1.54, 1.807) is 0 Å². The molecule has 0 atom stereocenters. The zero-order valence-electron chi connectivity index (χ0n) is 17.4. The second-order valence-corrected chi connectivity index (χ2v) is 7.45. The average Bonchev–Trinajstić information content (AvgIpc) is 3.41. The zero-order valence-corrected chi connectivity index (χ0v) is 20.4. The van der Waals surface area contributed by atoms with E-state index in [0.717, 1.165) is 47.3 Å². The molecule has 0 amide bonds. The molecular weight excluding hydrogens is 440 g/mol. The molecule has 0 aliphatic carbocycles. The molecule has 4 aromatic rings. The Kier molecular flexibility index (Phi) is 8.63. The van der Waals surface area contributed by atoms with Gasteiger partial charge in [0.1, 0.15) is 5.82 Å². The summed E-state index contributed by atoms with van der Waals surface area (Å²) in [5.41, 5.74) is 4.80. The van der Waals surface area contributed by atoms with Gasteiger partial charge < -0.3 is 9.67 Å². The van der Waals surface area contributed by atoms with Gasteiger partial charge in [-0.05, 0) is 28.3 Å². The van der Waals surface area contributed by atoms with Gasteiger partial charge in [0.05, 0.1) is 12.3 Å². The fourth-order valence-corrected chi connectivity index (χ4v) is 3.81. The molecule has 2 aromatic carbocycles. The number of halogens is 1. The first kappa shape index (κ1) is 23.9. The van der Waals surface area contributed by atoms with Crippen LogP contribution in [0.15, 0.2) is 48.5 Å². The van der Waals surface area contributed by atoms with Crippen molar-refractivity contribution in [2.45, 2.75) is 39.3 Å². The van der Waals surface area contributed by atoms with Gasteiger partial charge in [-0.15, -0.1) is 10.2 Å². The summed E-state index contributed by atoms with van der Waals surface area (Å²) in [6.07, 6.45) is 2.95. The second-order valence-electron chi connectivity index (χ2n) is 7.09. The maximum absolute atomic E-state index is 9.77. The van der Waals surface area contributed by atoms with Gasteiger partial charge >= 0.3 is 0 Å². The summed E-state index contributed by atoms with van der Waals surface area (Å²) in [6.45, 7) is 2.63. The van der Waals surface area contributed by atoms with E-state index < -0.39 is 0 Å². The van der Waals surface area contributed by atoms with Gasteiger partial charge in [-0.2, -0.15) is 5.21 Å². The SMILES string of the molecule is CCCCc1nc(Cl)c(CO)n1Cc1ccc(-c2ccccc2-c2nn[nH]n2)cc1.[Ca]. The van der Waals surface area contributed by atoms with Crippen LogP contribution >= 0.6 is 11.6 Å². The quantitative estimate of drug-likeness (QED) is 0.387. The number of imidazole rings is 1. The molecule has 4 rings (SSSR count). The van der Waals surface area contributed by atoms with Gasteiger partial charge in [-0.3, -0.25) is 0 Å². The van der Waals surface area contributed by atoms with Crippen LogP contribution in [0.5, 0.6) is 0 Å². The van der Waals surface area contributed by atoms with Crippen molar-refractivity contribution in [1.82, 2.24) is 30.2 Å². The summed E-state index contributed by atoms with van der Waals surface area (Å²) in [4.78, 5) is 4.47.